The van der Waals surface area contributed by atoms with Gasteiger partial charge in [0.15, 0.2) is 0 Å². The minimum absolute atomic E-state index is 0.100. The lowest BCUT2D eigenvalue weighted by atomic mass is 10.1. The first-order valence-corrected chi connectivity index (χ1v) is 7.54. The Morgan fingerprint density at radius 1 is 0.808 bits per heavy atom. The molecule has 0 spiro atoms. The summed E-state index contributed by atoms with van der Waals surface area (Å²) in [6, 6.07) is 14.6. The van der Waals surface area contributed by atoms with Crippen LogP contribution in [0.4, 0.5) is 0 Å². The van der Waals surface area contributed by atoms with Crippen LogP contribution in [0.1, 0.15) is 32.4 Å². The summed E-state index contributed by atoms with van der Waals surface area (Å²) in [4.78, 5) is 35.3. The number of hydrazone groups is 1. The van der Waals surface area contributed by atoms with E-state index in [0.717, 1.165) is 0 Å². The molecular formula is C18H12N5O3-. The zero-order valence-corrected chi connectivity index (χ0v) is 13.4. The molecule has 0 saturated heterocycles. The zero-order chi connectivity index (χ0) is 18.4. The fourth-order valence-corrected chi connectivity index (χ4v) is 2.09. The summed E-state index contributed by atoms with van der Waals surface area (Å²) in [6.07, 6.45) is 3.20. The molecule has 8 heteroatoms. The van der Waals surface area contributed by atoms with Gasteiger partial charge in [0.1, 0.15) is 11.4 Å². The maximum atomic E-state index is 12.3. The van der Waals surface area contributed by atoms with Crippen LogP contribution < -0.4 is 10.5 Å². The first-order valence-electron chi connectivity index (χ1n) is 7.54. The molecule has 128 valence electrons. The number of nitrogens with zero attached hydrogens (tertiary/aromatic N) is 4. The molecule has 0 bridgehead atoms. The number of carboxylic acids is 1. The van der Waals surface area contributed by atoms with Gasteiger partial charge >= 0.3 is 0 Å². The van der Waals surface area contributed by atoms with Gasteiger partial charge in [-0.05, 0) is 36.4 Å². The lowest BCUT2D eigenvalue weighted by molar-refractivity contribution is -0.255. The standard InChI is InChI=1S/C18H13N5O3/c24-17(14-8-5-9-15(21-14)18(25)26)23-22-16(12-6-1-3-10-19-12)13-7-2-4-11-20-13/h1-11H,(H,23,24)(H,25,26)/p-1. The SMILES string of the molecule is O=C([O-])c1cccc(C(=O)NN=C(c2ccccn2)c2ccccn2)n1. The summed E-state index contributed by atoms with van der Waals surface area (Å²) in [5.74, 6) is -2.14. The summed E-state index contributed by atoms with van der Waals surface area (Å²) in [6.45, 7) is 0. The topological polar surface area (TPSA) is 120 Å². The Morgan fingerprint density at radius 2 is 1.38 bits per heavy atom. The van der Waals surface area contributed by atoms with Gasteiger partial charge in [0, 0.05) is 12.4 Å². The smallest absolute Gasteiger partial charge is 0.289 e. The number of nitrogens with one attached hydrogen (secondary N) is 1. The molecule has 0 fully saturated rings. The summed E-state index contributed by atoms with van der Waals surface area (Å²) in [5, 5.41) is 15.0. The van der Waals surface area contributed by atoms with Gasteiger partial charge in [-0.15, -0.1) is 0 Å². The number of hydrogen-bond acceptors (Lipinski definition) is 7. The predicted molar refractivity (Wildman–Crippen MR) is 90.1 cm³/mol. The molecule has 26 heavy (non-hydrogen) atoms. The van der Waals surface area contributed by atoms with Crippen LogP contribution in [0.2, 0.25) is 0 Å². The van der Waals surface area contributed by atoms with Crippen molar-refractivity contribution in [3.05, 3.63) is 89.8 Å². The number of amides is 1. The molecule has 0 aliphatic carbocycles. The van der Waals surface area contributed by atoms with Crippen LogP contribution in [0.25, 0.3) is 0 Å². The monoisotopic (exact) mass is 346 g/mol. The number of carbonyl (C=O) groups excluding carboxylic acids is 2. The molecule has 3 aromatic rings. The van der Waals surface area contributed by atoms with E-state index in [1.54, 1.807) is 48.8 Å². The van der Waals surface area contributed by atoms with Crippen molar-refractivity contribution in [3.8, 4) is 0 Å². The van der Waals surface area contributed by atoms with Gasteiger partial charge in [-0.25, -0.2) is 10.4 Å². The number of aromatic nitrogens is 3. The molecule has 0 atom stereocenters. The third-order valence-electron chi connectivity index (χ3n) is 3.28. The average molecular weight is 346 g/mol. The van der Waals surface area contributed by atoms with Crippen LogP contribution in [0.5, 0.6) is 0 Å². The summed E-state index contributed by atoms with van der Waals surface area (Å²) in [7, 11) is 0. The van der Waals surface area contributed by atoms with Crippen LogP contribution in [0.15, 0.2) is 72.1 Å². The highest BCUT2D eigenvalue weighted by Gasteiger charge is 2.12. The van der Waals surface area contributed by atoms with Gasteiger partial charge in [-0.1, -0.05) is 18.2 Å². The third kappa shape index (κ3) is 3.93. The lowest BCUT2D eigenvalue weighted by Crippen LogP contribution is -2.26. The van der Waals surface area contributed by atoms with Crippen LogP contribution in [0.3, 0.4) is 0 Å². The molecule has 1 N–H and O–H groups in total. The Kier molecular flexibility index (Phi) is 5.04. The summed E-state index contributed by atoms with van der Waals surface area (Å²) >= 11 is 0. The third-order valence-corrected chi connectivity index (χ3v) is 3.28. The average Bonchev–Trinajstić information content (AvgIpc) is 2.69. The largest absolute Gasteiger partial charge is 0.543 e. The van der Waals surface area contributed by atoms with E-state index in [2.05, 4.69) is 25.5 Å². The number of aromatic carboxylic acids is 1. The van der Waals surface area contributed by atoms with Crippen molar-refractivity contribution >= 4 is 17.6 Å². The van der Waals surface area contributed by atoms with Crippen molar-refractivity contribution in [3.63, 3.8) is 0 Å². The molecule has 0 radical (unpaired) electrons. The van der Waals surface area contributed by atoms with E-state index in [0.29, 0.717) is 17.1 Å². The highest BCUT2D eigenvalue weighted by atomic mass is 16.4. The van der Waals surface area contributed by atoms with E-state index >= 15 is 0 Å². The molecule has 0 aromatic carbocycles. The second kappa shape index (κ2) is 7.75. The quantitative estimate of drug-likeness (QED) is 0.528. The Hall–Kier alpha value is -3.94. The number of carboxylic acid groups (broad SMARTS) is 1. The van der Waals surface area contributed by atoms with E-state index in [-0.39, 0.29) is 11.4 Å². The van der Waals surface area contributed by atoms with Crippen molar-refractivity contribution in [2.75, 3.05) is 0 Å². The van der Waals surface area contributed by atoms with Gasteiger partial charge in [-0.2, -0.15) is 5.10 Å². The molecular weight excluding hydrogens is 334 g/mol. The number of carbonyl (C=O) groups is 2. The fraction of sp³-hybridized carbons (Fsp3) is 0. The molecule has 3 aromatic heterocycles. The van der Waals surface area contributed by atoms with Gasteiger partial charge in [0.25, 0.3) is 5.91 Å². The van der Waals surface area contributed by atoms with Crippen LogP contribution >= 0.6 is 0 Å². The zero-order valence-electron chi connectivity index (χ0n) is 13.4. The molecule has 1 amide bonds. The molecule has 0 aliphatic rings. The highest BCUT2D eigenvalue weighted by molar-refractivity contribution is 6.11. The summed E-state index contributed by atoms with van der Waals surface area (Å²) in [5.41, 5.74) is 3.31. The second-order valence-corrected chi connectivity index (χ2v) is 5.03. The Balaban J connectivity index is 1.91. The van der Waals surface area contributed by atoms with Crippen molar-refractivity contribution < 1.29 is 14.7 Å². The number of hydrogen-bond donors (Lipinski definition) is 1. The minimum atomic E-state index is -1.47. The van der Waals surface area contributed by atoms with Crippen molar-refractivity contribution in [1.82, 2.24) is 20.4 Å². The Bertz CT molecular complexity index is 917. The molecule has 0 saturated carbocycles. The molecule has 0 unspecified atom stereocenters. The first-order chi connectivity index (χ1) is 12.6. The van der Waals surface area contributed by atoms with Crippen molar-refractivity contribution in [2.45, 2.75) is 0 Å². The predicted octanol–water partition coefficient (Wildman–Crippen LogP) is 0.417. The van der Waals surface area contributed by atoms with E-state index in [4.69, 9.17) is 0 Å². The van der Waals surface area contributed by atoms with Crippen LogP contribution in [-0.4, -0.2) is 32.5 Å². The number of pyridine rings is 3. The molecule has 3 heterocycles. The van der Waals surface area contributed by atoms with E-state index < -0.39 is 11.9 Å². The maximum absolute atomic E-state index is 12.3. The molecule has 0 aliphatic heterocycles. The highest BCUT2D eigenvalue weighted by Crippen LogP contribution is 2.06. The van der Waals surface area contributed by atoms with Crippen LogP contribution in [0, 0.1) is 0 Å². The van der Waals surface area contributed by atoms with E-state index in [1.165, 1.54) is 18.2 Å². The van der Waals surface area contributed by atoms with Gasteiger partial charge in [-0.3, -0.25) is 14.8 Å². The van der Waals surface area contributed by atoms with E-state index in [1.807, 2.05) is 0 Å². The van der Waals surface area contributed by atoms with Gasteiger partial charge in [0.05, 0.1) is 23.1 Å². The van der Waals surface area contributed by atoms with Crippen LogP contribution in [-0.2, 0) is 0 Å². The van der Waals surface area contributed by atoms with Gasteiger partial charge < -0.3 is 9.90 Å². The fourth-order valence-electron chi connectivity index (χ4n) is 2.09. The minimum Gasteiger partial charge on any atom is -0.543 e. The summed E-state index contributed by atoms with van der Waals surface area (Å²) < 4.78 is 0. The van der Waals surface area contributed by atoms with Gasteiger partial charge in [0.2, 0.25) is 0 Å². The van der Waals surface area contributed by atoms with Crippen molar-refractivity contribution in [1.29, 1.82) is 0 Å². The Morgan fingerprint density at radius 3 is 1.92 bits per heavy atom. The molecule has 3 rings (SSSR count). The second-order valence-electron chi connectivity index (χ2n) is 5.03. The Labute approximate surface area is 148 Å². The lowest BCUT2D eigenvalue weighted by Gasteiger charge is -2.07. The van der Waals surface area contributed by atoms with Crippen molar-refractivity contribution in [2.24, 2.45) is 5.10 Å². The normalized spacial score (nSPS) is 10.0. The van der Waals surface area contributed by atoms with E-state index in [9.17, 15) is 14.7 Å². The molecule has 8 nitrogen and oxygen atoms in total. The maximum Gasteiger partial charge on any atom is 0.289 e. The number of rotatable bonds is 5. The first kappa shape index (κ1) is 16.9.